The molecule has 4 nitrogen and oxygen atoms in total. The fourth-order valence-electron chi connectivity index (χ4n) is 3.37. The summed E-state index contributed by atoms with van der Waals surface area (Å²) >= 11 is 18.5. The van der Waals surface area contributed by atoms with Gasteiger partial charge in [0.2, 0.25) is 0 Å². The molecule has 0 spiro atoms. The van der Waals surface area contributed by atoms with Crippen molar-refractivity contribution < 1.29 is 9.47 Å². The van der Waals surface area contributed by atoms with Crippen LogP contribution in [0.4, 0.5) is 0 Å². The van der Waals surface area contributed by atoms with Gasteiger partial charge in [-0.05, 0) is 42.0 Å². The standard InChI is InChI=1S/C24H19Cl3N2O2/c1-30-20-8-9-21(23(13-20)31-14-17-4-7-19(26)12-22(17)27)24(29-11-10-28-15-29)16-2-5-18(25)6-3-16/h2-13,15,24H,14H2,1H3. The minimum atomic E-state index is -0.165. The van der Waals surface area contributed by atoms with Gasteiger partial charge >= 0.3 is 0 Å². The second-order valence-corrected chi connectivity index (χ2v) is 8.17. The first-order valence-electron chi connectivity index (χ1n) is 9.52. The van der Waals surface area contributed by atoms with Gasteiger partial charge in [0, 0.05) is 44.7 Å². The van der Waals surface area contributed by atoms with Gasteiger partial charge in [-0.25, -0.2) is 4.98 Å². The average Bonchev–Trinajstić information content (AvgIpc) is 3.29. The van der Waals surface area contributed by atoms with Gasteiger partial charge in [-0.1, -0.05) is 53.0 Å². The molecular weight excluding hydrogens is 455 g/mol. The minimum Gasteiger partial charge on any atom is -0.497 e. The minimum absolute atomic E-state index is 0.165. The molecule has 4 rings (SSSR count). The van der Waals surface area contributed by atoms with Gasteiger partial charge in [0.15, 0.2) is 0 Å². The number of methoxy groups -OCH3 is 1. The summed E-state index contributed by atoms with van der Waals surface area (Å²) in [6.07, 6.45) is 5.45. The topological polar surface area (TPSA) is 36.3 Å². The third kappa shape index (κ3) is 4.99. The van der Waals surface area contributed by atoms with Crippen molar-refractivity contribution in [1.29, 1.82) is 0 Å². The molecular formula is C24H19Cl3N2O2. The first-order chi connectivity index (χ1) is 15.0. The van der Waals surface area contributed by atoms with Crippen LogP contribution in [0.15, 0.2) is 79.4 Å². The molecule has 0 saturated carbocycles. The van der Waals surface area contributed by atoms with Crippen molar-refractivity contribution >= 4 is 34.8 Å². The van der Waals surface area contributed by atoms with Crippen molar-refractivity contribution in [3.63, 3.8) is 0 Å². The molecule has 158 valence electrons. The van der Waals surface area contributed by atoms with Crippen LogP contribution < -0.4 is 9.47 Å². The highest BCUT2D eigenvalue weighted by atomic mass is 35.5. The molecule has 0 aliphatic carbocycles. The van der Waals surface area contributed by atoms with Gasteiger partial charge in [0.05, 0.1) is 19.5 Å². The quantitative estimate of drug-likeness (QED) is 0.288. The van der Waals surface area contributed by atoms with Crippen molar-refractivity contribution in [2.45, 2.75) is 12.6 Å². The summed E-state index contributed by atoms with van der Waals surface area (Å²) in [6.45, 7) is 0.285. The Balaban J connectivity index is 1.75. The molecule has 0 bridgehead atoms. The molecule has 0 fully saturated rings. The van der Waals surface area contributed by atoms with Crippen molar-refractivity contribution in [1.82, 2.24) is 9.55 Å². The molecule has 4 aromatic rings. The zero-order chi connectivity index (χ0) is 21.8. The normalized spacial score (nSPS) is 11.9. The van der Waals surface area contributed by atoms with Crippen LogP contribution in [0.1, 0.15) is 22.7 Å². The average molecular weight is 474 g/mol. The van der Waals surface area contributed by atoms with Gasteiger partial charge in [-0.2, -0.15) is 0 Å². The molecule has 0 N–H and O–H groups in total. The van der Waals surface area contributed by atoms with Crippen LogP contribution in [-0.4, -0.2) is 16.7 Å². The summed E-state index contributed by atoms with van der Waals surface area (Å²) < 4.78 is 13.7. The monoisotopic (exact) mass is 472 g/mol. The number of aromatic nitrogens is 2. The van der Waals surface area contributed by atoms with Crippen molar-refractivity contribution in [2.75, 3.05) is 7.11 Å². The molecule has 3 aromatic carbocycles. The molecule has 0 radical (unpaired) electrons. The predicted octanol–water partition coefficient (Wildman–Crippen LogP) is 7.07. The van der Waals surface area contributed by atoms with E-state index < -0.39 is 0 Å². The molecule has 1 aromatic heterocycles. The smallest absolute Gasteiger partial charge is 0.129 e. The maximum atomic E-state index is 6.33. The number of hydrogen-bond acceptors (Lipinski definition) is 3. The lowest BCUT2D eigenvalue weighted by Crippen LogP contribution is -2.12. The van der Waals surface area contributed by atoms with E-state index in [0.717, 1.165) is 16.7 Å². The highest BCUT2D eigenvalue weighted by Crippen LogP contribution is 2.37. The molecule has 7 heteroatoms. The summed E-state index contributed by atoms with van der Waals surface area (Å²) in [5.41, 5.74) is 2.83. The fourth-order valence-corrected chi connectivity index (χ4v) is 3.96. The van der Waals surface area contributed by atoms with Crippen LogP contribution in [-0.2, 0) is 6.61 Å². The number of hydrogen-bond donors (Lipinski definition) is 0. The van der Waals surface area contributed by atoms with Gasteiger partial charge in [0.1, 0.15) is 18.1 Å². The van der Waals surface area contributed by atoms with Crippen molar-refractivity contribution in [2.24, 2.45) is 0 Å². The van der Waals surface area contributed by atoms with Crippen LogP contribution in [0, 0.1) is 0 Å². The summed E-state index contributed by atoms with van der Waals surface area (Å²) in [4.78, 5) is 4.23. The van der Waals surface area contributed by atoms with Gasteiger partial charge < -0.3 is 14.0 Å². The zero-order valence-corrected chi connectivity index (χ0v) is 18.9. The Morgan fingerprint density at radius 2 is 1.71 bits per heavy atom. The molecule has 1 unspecified atom stereocenters. The lowest BCUT2D eigenvalue weighted by molar-refractivity contribution is 0.298. The van der Waals surface area contributed by atoms with Crippen LogP contribution in [0.5, 0.6) is 11.5 Å². The lowest BCUT2D eigenvalue weighted by atomic mass is 9.97. The summed E-state index contributed by atoms with van der Waals surface area (Å²) in [7, 11) is 1.63. The number of rotatable bonds is 7. The third-order valence-electron chi connectivity index (χ3n) is 4.92. The molecule has 0 saturated heterocycles. The largest absolute Gasteiger partial charge is 0.497 e. The van der Waals surface area contributed by atoms with Crippen molar-refractivity contribution in [3.05, 3.63) is 111 Å². The Labute approximate surface area is 195 Å². The van der Waals surface area contributed by atoms with Gasteiger partial charge in [0.25, 0.3) is 0 Å². The Morgan fingerprint density at radius 3 is 2.39 bits per heavy atom. The summed E-state index contributed by atoms with van der Waals surface area (Å²) in [6, 6.07) is 18.7. The molecule has 31 heavy (non-hydrogen) atoms. The Bertz CT molecular complexity index is 1160. The number of imidazole rings is 1. The van der Waals surface area contributed by atoms with Crippen LogP contribution >= 0.6 is 34.8 Å². The molecule has 0 aliphatic heterocycles. The first-order valence-corrected chi connectivity index (χ1v) is 10.7. The van der Waals surface area contributed by atoms with E-state index in [1.54, 1.807) is 31.8 Å². The lowest BCUT2D eigenvalue weighted by Gasteiger charge is -2.23. The maximum Gasteiger partial charge on any atom is 0.129 e. The van der Waals surface area contributed by atoms with Crippen LogP contribution in [0.3, 0.4) is 0 Å². The third-order valence-corrected chi connectivity index (χ3v) is 5.76. The van der Waals surface area contributed by atoms with Crippen LogP contribution in [0.25, 0.3) is 0 Å². The highest BCUT2D eigenvalue weighted by Gasteiger charge is 2.21. The Kier molecular flexibility index (Phi) is 6.71. The second-order valence-electron chi connectivity index (χ2n) is 6.89. The van der Waals surface area contributed by atoms with E-state index >= 15 is 0 Å². The van der Waals surface area contributed by atoms with Crippen molar-refractivity contribution in [3.8, 4) is 11.5 Å². The van der Waals surface area contributed by atoms with E-state index in [-0.39, 0.29) is 12.6 Å². The van der Waals surface area contributed by atoms with E-state index in [1.165, 1.54) is 0 Å². The molecule has 1 heterocycles. The number of benzene rings is 3. The Morgan fingerprint density at radius 1 is 0.935 bits per heavy atom. The van der Waals surface area contributed by atoms with E-state index in [2.05, 4.69) is 4.98 Å². The zero-order valence-electron chi connectivity index (χ0n) is 16.6. The molecule has 1 atom stereocenters. The molecule has 0 aliphatic rings. The maximum absolute atomic E-state index is 6.33. The van der Waals surface area contributed by atoms with E-state index in [1.807, 2.05) is 59.3 Å². The SMILES string of the molecule is COc1ccc(C(c2ccc(Cl)cc2)n2ccnc2)c(OCc2ccc(Cl)cc2Cl)c1. The number of halogens is 3. The second kappa shape index (κ2) is 9.65. The first kappa shape index (κ1) is 21.6. The van der Waals surface area contributed by atoms with E-state index in [0.29, 0.717) is 26.6 Å². The Hall–Kier alpha value is -2.66. The van der Waals surface area contributed by atoms with Crippen LogP contribution in [0.2, 0.25) is 15.1 Å². The summed E-state index contributed by atoms with van der Waals surface area (Å²) in [5.74, 6) is 1.38. The summed E-state index contributed by atoms with van der Waals surface area (Å²) in [5, 5.41) is 1.82. The van der Waals surface area contributed by atoms with E-state index in [4.69, 9.17) is 44.3 Å². The number of ether oxygens (including phenoxy) is 2. The van der Waals surface area contributed by atoms with E-state index in [9.17, 15) is 0 Å². The highest BCUT2D eigenvalue weighted by molar-refractivity contribution is 6.35. The molecule has 0 amide bonds. The van der Waals surface area contributed by atoms with Gasteiger partial charge in [-0.3, -0.25) is 0 Å². The predicted molar refractivity (Wildman–Crippen MR) is 125 cm³/mol. The number of nitrogens with zero attached hydrogens (tertiary/aromatic N) is 2. The fraction of sp³-hybridized carbons (Fsp3) is 0.125. The van der Waals surface area contributed by atoms with Gasteiger partial charge in [-0.15, -0.1) is 0 Å².